The van der Waals surface area contributed by atoms with Gasteiger partial charge in [-0.2, -0.15) is 0 Å². The van der Waals surface area contributed by atoms with Gasteiger partial charge in [-0.05, 0) is 80.6 Å². The number of methoxy groups -OCH3 is 1. The third kappa shape index (κ3) is 5.04. The van der Waals surface area contributed by atoms with Crippen LogP contribution in [0.5, 0.6) is 5.75 Å². The van der Waals surface area contributed by atoms with Crippen LogP contribution in [0.15, 0.2) is 97.1 Å². The summed E-state index contributed by atoms with van der Waals surface area (Å²) in [7, 11) is 1.54. The van der Waals surface area contributed by atoms with E-state index in [1.54, 1.807) is 86.0 Å². The highest BCUT2D eigenvalue weighted by molar-refractivity contribution is 6.34. The lowest BCUT2D eigenvalue weighted by Crippen LogP contribution is -2.29. The van der Waals surface area contributed by atoms with Crippen LogP contribution in [0.25, 0.3) is 22.2 Å². The van der Waals surface area contributed by atoms with Crippen molar-refractivity contribution in [3.8, 4) is 17.0 Å². The number of hydrogen-bond acceptors (Lipinski definition) is 7. The van der Waals surface area contributed by atoms with Crippen LogP contribution < -0.4 is 9.64 Å². The van der Waals surface area contributed by atoms with Gasteiger partial charge in [0.05, 0.1) is 40.7 Å². The first kappa shape index (κ1) is 27.5. The van der Waals surface area contributed by atoms with Crippen LogP contribution in [0, 0.1) is 6.92 Å². The fraction of sp³-hybridized carbons (Fsp3) is 0.114. The van der Waals surface area contributed by atoms with Crippen molar-refractivity contribution in [3.05, 3.63) is 125 Å². The molecular formula is C35H26N2O6. The first-order valence-electron chi connectivity index (χ1n) is 13.6. The zero-order valence-corrected chi connectivity index (χ0v) is 23.7. The van der Waals surface area contributed by atoms with E-state index >= 15 is 0 Å². The van der Waals surface area contributed by atoms with E-state index in [0.717, 1.165) is 10.5 Å². The number of fused-ring (bicyclic) bond motifs is 2. The Morgan fingerprint density at radius 2 is 1.47 bits per heavy atom. The van der Waals surface area contributed by atoms with Gasteiger partial charge in [0.2, 0.25) is 5.78 Å². The third-order valence-electron chi connectivity index (χ3n) is 7.43. The third-order valence-corrected chi connectivity index (χ3v) is 7.43. The normalized spacial score (nSPS) is 13.1. The van der Waals surface area contributed by atoms with E-state index in [1.807, 2.05) is 25.1 Å². The molecule has 1 unspecified atom stereocenters. The lowest BCUT2D eigenvalue weighted by molar-refractivity contribution is 0.0320. The molecule has 8 nitrogen and oxygen atoms in total. The van der Waals surface area contributed by atoms with E-state index in [0.29, 0.717) is 50.3 Å². The summed E-state index contributed by atoms with van der Waals surface area (Å²) in [5.41, 5.74) is 4.49. The minimum absolute atomic E-state index is 0.266. The molecule has 2 heterocycles. The van der Waals surface area contributed by atoms with E-state index < -0.39 is 12.1 Å². The summed E-state index contributed by atoms with van der Waals surface area (Å²) in [5, 5.41) is 0.598. The van der Waals surface area contributed by atoms with Gasteiger partial charge >= 0.3 is 5.97 Å². The zero-order valence-electron chi connectivity index (χ0n) is 23.7. The number of aromatic nitrogens is 1. The number of ketones is 1. The molecule has 0 saturated carbocycles. The largest absolute Gasteiger partial charge is 0.497 e. The smallest absolute Gasteiger partial charge is 0.339 e. The molecule has 1 atom stereocenters. The van der Waals surface area contributed by atoms with Crippen LogP contribution >= 0.6 is 0 Å². The number of ether oxygens (including phenoxy) is 2. The molecule has 0 saturated heterocycles. The monoisotopic (exact) mass is 570 g/mol. The summed E-state index contributed by atoms with van der Waals surface area (Å²) in [6.45, 7) is 3.45. The summed E-state index contributed by atoms with van der Waals surface area (Å²) < 4.78 is 10.8. The second-order valence-corrected chi connectivity index (χ2v) is 10.3. The highest BCUT2D eigenvalue weighted by Gasteiger charge is 2.36. The lowest BCUT2D eigenvalue weighted by Gasteiger charge is -2.16. The van der Waals surface area contributed by atoms with Gasteiger partial charge in [-0.1, -0.05) is 35.9 Å². The quantitative estimate of drug-likeness (QED) is 0.126. The number of esters is 1. The van der Waals surface area contributed by atoms with Gasteiger partial charge in [0, 0.05) is 16.5 Å². The SMILES string of the molecule is COc1ccc(C(=O)C(C)OC(=O)c2cc(-c3ccc(N4C(=O)c5ccccc5C4=O)cc3)nc3ccc(C)cc23)cc1. The number of aryl methyl sites for hydroxylation is 1. The average molecular weight is 571 g/mol. The molecule has 0 radical (unpaired) electrons. The Morgan fingerprint density at radius 3 is 2.09 bits per heavy atom. The van der Waals surface area contributed by atoms with Crippen LogP contribution in [-0.2, 0) is 4.74 Å². The van der Waals surface area contributed by atoms with Gasteiger partial charge in [0.1, 0.15) is 5.75 Å². The first-order chi connectivity index (χ1) is 20.7. The molecule has 1 aromatic heterocycles. The predicted molar refractivity (Wildman–Crippen MR) is 162 cm³/mol. The zero-order chi connectivity index (χ0) is 30.2. The predicted octanol–water partition coefficient (Wildman–Crippen LogP) is 6.45. The molecule has 0 spiro atoms. The molecule has 0 fully saturated rings. The maximum absolute atomic E-state index is 13.5. The Labute approximate surface area is 247 Å². The number of hydrogen-bond donors (Lipinski definition) is 0. The van der Waals surface area contributed by atoms with Gasteiger partial charge < -0.3 is 9.47 Å². The van der Waals surface area contributed by atoms with Crippen molar-refractivity contribution in [3.63, 3.8) is 0 Å². The van der Waals surface area contributed by atoms with E-state index in [9.17, 15) is 19.2 Å². The van der Waals surface area contributed by atoms with Crippen molar-refractivity contribution in [1.29, 1.82) is 0 Å². The fourth-order valence-corrected chi connectivity index (χ4v) is 5.13. The van der Waals surface area contributed by atoms with Crippen LogP contribution in [0.4, 0.5) is 5.69 Å². The van der Waals surface area contributed by atoms with Crippen molar-refractivity contribution >= 4 is 40.2 Å². The molecule has 2 amide bonds. The van der Waals surface area contributed by atoms with E-state index in [-0.39, 0.29) is 23.2 Å². The second kappa shape index (κ2) is 11.0. The summed E-state index contributed by atoms with van der Waals surface area (Å²) >= 11 is 0. The molecule has 5 aromatic rings. The summed E-state index contributed by atoms with van der Waals surface area (Å²) in [6, 6.07) is 27.3. The molecule has 43 heavy (non-hydrogen) atoms. The van der Waals surface area contributed by atoms with E-state index in [4.69, 9.17) is 14.5 Å². The number of amides is 2. The lowest BCUT2D eigenvalue weighted by atomic mass is 10.0. The molecule has 8 heteroatoms. The number of carbonyl (C=O) groups is 4. The number of Topliss-reactive ketones (excluding diaryl/α,β-unsaturated/α-hetero) is 1. The molecule has 4 aromatic carbocycles. The number of imide groups is 1. The fourth-order valence-electron chi connectivity index (χ4n) is 5.13. The molecule has 0 aliphatic carbocycles. The number of benzene rings is 4. The van der Waals surface area contributed by atoms with E-state index in [1.165, 1.54) is 6.92 Å². The number of anilines is 1. The molecular weight excluding hydrogens is 544 g/mol. The van der Waals surface area contributed by atoms with Crippen LogP contribution in [0.1, 0.15) is 53.9 Å². The maximum Gasteiger partial charge on any atom is 0.339 e. The highest BCUT2D eigenvalue weighted by Crippen LogP contribution is 2.31. The van der Waals surface area contributed by atoms with Crippen molar-refractivity contribution in [1.82, 2.24) is 4.98 Å². The number of nitrogens with zero attached hydrogens (tertiary/aromatic N) is 2. The maximum atomic E-state index is 13.5. The summed E-state index contributed by atoms with van der Waals surface area (Å²) in [5.74, 6) is -1.14. The molecule has 212 valence electrons. The van der Waals surface area contributed by atoms with Gasteiger partial charge in [-0.15, -0.1) is 0 Å². The summed E-state index contributed by atoms with van der Waals surface area (Å²) in [6.07, 6.45) is -1.03. The Bertz CT molecular complexity index is 1890. The van der Waals surface area contributed by atoms with Crippen molar-refractivity contribution in [2.24, 2.45) is 0 Å². The molecule has 1 aliphatic heterocycles. The van der Waals surface area contributed by atoms with Crippen molar-refractivity contribution in [2.75, 3.05) is 12.0 Å². The second-order valence-electron chi connectivity index (χ2n) is 10.3. The van der Waals surface area contributed by atoms with E-state index in [2.05, 4.69) is 0 Å². The van der Waals surface area contributed by atoms with Crippen LogP contribution in [-0.4, -0.2) is 41.8 Å². The van der Waals surface area contributed by atoms with Gasteiger partial charge in [-0.3, -0.25) is 14.4 Å². The van der Waals surface area contributed by atoms with Crippen molar-refractivity contribution in [2.45, 2.75) is 20.0 Å². The first-order valence-corrected chi connectivity index (χ1v) is 13.6. The standard InChI is InChI=1S/C35H26N2O6/c1-20-8-17-30-28(18-20)29(35(41)43-21(2)32(38)23-11-15-25(42-3)16-12-23)19-31(36-30)22-9-13-24(14-10-22)37-33(39)26-6-4-5-7-27(26)34(37)40/h4-19,21H,1-3H3. The Balaban J connectivity index is 1.30. The Morgan fingerprint density at radius 1 is 0.814 bits per heavy atom. The Kier molecular flexibility index (Phi) is 7.03. The minimum atomic E-state index is -1.03. The number of pyridine rings is 1. The Hall–Kier alpha value is -5.63. The number of rotatable bonds is 7. The van der Waals surface area contributed by atoms with Crippen LogP contribution in [0.2, 0.25) is 0 Å². The van der Waals surface area contributed by atoms with Crippen LogP contribution in [0.3, 0.4) is 0 Å². The minimum Gasteiger partial charge on any atom is -0.497 e. The van der Waals surface area contributed by atoms with Crippen molar-refractivity contribution < 1.29 is 28.7 Å². The van der Waals surface area contributed by atoms with Gasteiger partial charge in [0.25, 0.3) is 11.8 Å². The topological polar surface area (TPSA) is 103 Å². The van der Waals surface area contributed by atoms with Gasteiger partial charge in [0.15, 0.2) is 6.10 Å². The summed E-state index contributed by atoms with van der Waals surface area (Å²) in [4.78, 5) is 58.3. The average Bonchev–Trinajstić information content (AvgIpc) is 3.29. The van der Waals surface area contributed by atoms with Gasteiger partial charge in [-0.25, -0.2) is 14.7 Å². The molecule has 6 rings (SSSR count). The molecule has 0 N–H and O–H groups in total. The molecule has 1 aliphatic rings. The highest BCUT2D eigenvalue weighted by atomic mass is 16.5. The molecule has 0 bridgehead atoms. The number of carbonyl (C=O) groups excluding carboxylic acids is 4.